The highest BCUT2D eigenvalue weighted by atomic mass is 32.2. The van der Waals surface area contributed by atoms with E-state index in [-0.39, 0.29) is 4.90 Å². The predicted molar refractivity (Wildman–Crippen MR) is 106 cm³/mol. The number of amides is 2. The van der Waals surface area contributed by atoms with Gasteiger partial charge in [0.05, 0.1) is 22.2 Å². The zero-order valence-electron chi connectivity index (χ0n) is 15.0. The number of carbonyl (C=O) groups excluding carboxylic acids is 2. The second-order valence-electron chi connectivity index (χ2n) is 5.52. The number of hydrogen-bond acceptors (Lipinski definition) is 8. The van der Waals surface area contributed by atoms with Crippen LogP contribution < -0.4 is 20.3 Å². The first-order chi connectivity index (χ1) is 13.9. The van der Waals surface area contributed by atoms with Gasteiger partial charge in [0.1, 0.15) is 5.75 Å². The molecule has 0 saturated carbocycles. The van der Waals surface area contributed by atoms with Crippen LogP contribution in [0.1, 0.15) is 0 Å². The number of thiazole rings is 1. The average molecular weight is 436 g/mol. The molecule has 0 aliphatic carbocycles. The van der Waals surface area contributed by atoms with Gasteiger partial charge < -0.3 is 9.47 Å². The smallest absolute Gasteiger partial charge is 0.413 e. The molecular weight excluding hydrogens is 420 g/mol. The number of fused-ring (bicyclic) bond motifs is 1. The third-order valence-corrected chi connectivity index (χ3v) is 5.70. The molecule has 1 aromatic heterocycles. The predicted octanol–water partition coefficient (Wildman–Crippen LogP) is 1.86. The Morgan fingerprint density at radius 2 is 1.90 bits per heavy atom. The van der Waals surface area contributed by atoms with E-state index in [1.54, 1.807) is 36.4 Å². The van der Waals surface area contributed by atoms with Gasteiger partial charge in [-0.1, -0.05) is 29.5 Å². The Morgan fingerprint density at radius 3 is 2.62 bits per heavy atom. The fourth-order valence-corrected chi connectivity index (χ4v) is 3.92. The lowest BCUT2D eigenvalue weighted by Gasteiger charge is -2.09. The first kappa shape index (κ1) is 20.5. The number of ether oxygens (including phenoxy) is 2. The van der Waals surface area contributed by atoms with Crippen molar-refractivity contribution in [1.82, 2.24) is 15.2 Å². The van der Waals surface area contributed by atoms with Crippen molar-refractivity contribution in [1.29, 1.82) is 0 Å². The molecule has 2 amide bonds. The van der Waals surface area contributed by atoms with Crippen LogP contribution in [-0.2, 0) is 19.6 Å². The molecule has 0 unspecified atom stereocenters. The second kappa shape index (κ2) is 8.86. The summed E-state index contributed by atoms with van der Waals surface area (Å²) in [5, 5.41) is 2.83. The molecule has 10 nitrogen and oxygen atoms in total. The Labute approximate surface area is 169 Å². The minimum atomic E-state index is -3.87. The van der Waals surface area contributed by atoms with Crippen LogP contribution in [0.3, 0.4) is 0 Å². The first-order valence-corrected chi connectivity index (χ1v) is 10.4. The van der Waals surface area contributed by atoms with E-state index < -0.39 is 28.6 Å². The van der Waals surface area contributed by atoms with Gasteiger partial charge in [-0.15, -0.1) is 4.83 Å². The number of benzene rings is 2. The van der Waals surface area contributed by atoms with Crippen LogP contribution in [-0.4, -0.2) is 39.1 Å². The number of sulfonamides is 1. The highest BCUT2D eigenvalue weighted by molar-refractivity contribution is 7.89. The lowest BCUT2D eigenvalue weighted by molar-refractivity contribution is -0.123. The van der Waals surface area contributed by atoms with Gasteiger partial charge in [-0.2, -0.15) is 0 Å². The summed E-state index contributed by atoms with van der Waals surface area (Å²) < 4.78 is 34.7. The van der Waals surface area contributed by atoms with Gasteiger partial charge in [-0.3, -0.25) is 15.5 Å². The van der Waals surface area contributed by atoms with Crippen molar-refractivity contribution in [2.45, 2.75) is 4.90 Å². The molecule has 152 valence electrons. The van der Waals surface area contributed by atoms with Crippen LogP contribution in [0.15, 0.2) is 53.4 Å². The molecule has 29 heavy (non-hydrogen) atoms. The number of rotatable bonds is 7. The molecule has 0 fully saturated rings. The van der Waals surface area contributed by atoms with Crippen molar-refractivity contribution >= 4 is 48.7 Å². The topological polar surface area (TPSA) is 136 Å². The summed E-state index contributed by atoms with van der Waals surface area (Å²) in [4.78, 5) is 29.4. The molecule has 3 aromatic rings. The number of hydrogen-bond donors (Lipinski definition) is 3. The number of nitrogens with one attached hydrogen (secondary N) is 3. The molecule has 0 saturated heterocycles. The lowest BCUT2D eigenvalue weighted by atomic mass is 10.3. The molecule has 12 heteroatoms. The Bertz CT molecular complexity index is 1130. The van der Waals surface area contributed by atoms with E-state index in [1.807, 2.05) is 4.83 Å². The molecule has 2 aromatic carbocycles. The summed E-state index contributed by atoms with van der Waals surface area (Å²) in [6, 6.07) is 12.5. The number of carbonyl (C=O) groups is 2. The summed E-state index contributed by atoms with van der Waals surface area (Å²) in [5.74, 6) is -0.297. The molecule has 1 heterocycles. The van der Waals surface area contributed by atoms with Crippen molar-refractivity contribution < 1.29 is 27.5 Å². The third kappa shape index (κ3) is 5.40. The SMILES string of the molecule is COC(=O)Nc1nc2ccc(OCC(=O)NNS(=O)(=O)c3ccccc3)cc2s1. The summed E-state index contributed by atoms with van der Waals surface area (Å²) in [7, 11) is -2.62. The minimum Gasteiger partial charge on any atom is -0.484 e. The van der Waals surface area contributed by atoms with Crippen molar-refractivity contribution in [3.8, 4) is 5.75 Å². The van der Waals surface area contributed by atoms with Crippen LogP contribution >= 0.6 is 11.3 Å². The molecule has 3 N–H and O–H groups in total. The summed E-state index contributed by atoms with van der Waals surface area (Å²) in [6.45, 7) is -0.408. The summed E-state index contributed by atoms with van der Waals surface area (Å²) in [5.41, 5.74) is 2.72. The van der Waals surface area contributed by atoms with Gasteiger partial charge in [-0.25, -0.2) is 18.2 Å². The highest BCUT2D eigenvalue weighted by Crippen LogP contribution is 2.29. The zero-order chi connectivity index (χ0) is 20.9. The van der Waals surface area contributed by atoms with Crippen molar-refractivity contribution in [2.75, 3.05) is 19.0 Å². The molecular formula is C17H16N4O6S2. The van der Waals surface area contributed by atoms with E-state index in [0.717, 1.165) is 4.70 Å². The van der Waals surface area contributed by atoms with Gasteiger partial charge in [0.15, 0.2) is 11.7 Å². The average Bonchev–Trinajstić information content (AvgIpc) is 3.12. The van der Waals surface area contributed by atoms with Crippen molar-refractivity contribution in [2.24, 2.45) is 0 Å². The van der Waals surface area contributed by atoms with Crippen LogP contribution in [0.25, 0.3) is 10.2 Å². The van der Waals surface area contributed by atoms with Crippen molar-refractivity contribution in [3.05, 3.63) is 48.5 Å². The van der Waals surface area contributed by atoms with E-state index in [4.69, 9.17) is 4.74 Å². The van der Waals surface area contributed by atoms with Gasteiger partial charge in [0, 0.05) is 0 Å². The largest absolute Gasteiger partial charge is 0.484 e. The Morgan fingerprint density at radius 1 is 1.14 bits per heavy atom. The Kier molecular flexibility index (Phi) is 6.26. The van der Waals surface area contributed by atoms with Crippen molar-refractivity contribution in [3.63, 3.8) is 0 Å². The first-order valence-electron chi connectivity index (χ1n) is 8.11. The molecule has 0 atom stereocenters. The number of methoxy groups -OCH3 is 1. The standard InChI is InChI=1S/C17H16N4O6S2/c1-26-17(23)19-16-18-13-8-7-11(9-14(13)28-16)27-10-15(22)20-21-29(24,25)12-5-3-2-4-6-12/h2-9,21H,10H2,1H3,(H,20,22)(H,18,19,23). The maximum Gasteiger partial charge on any atom is 0.413 e. The van der Waals surface area contributed by atoms with Gasteiger partial charge in [0.2, 0.25) is 0 Å². The quantitative estimate of drug-likeness (QED) is 0.481. The lowest BCUT2D eigenvalue weighted by Crippen LogP contribution is -2.43. The maximum absolute atomic E-state index is 12.0. The fraction of sp³-hybridized carbons (Fsp3) is 0.118. The highest BCUT2D eigenvalue weighted by Gasteiger charge is 2.15. The van der Waals surface area contributed by atoms with E-state index >= 15 is 0 Å². The number of anilines is 1. The van der Waals surface area contributed by atoms with Crippen LogP contribution in [0.2, 0.25) is 0 Å². The second-order valence-corrected chi connectivity index (χ2v) is 8.23. The van der Waals surface area contributed by atoms with E-state index in [0.29, 0.717) is 16.4 Å². The van der Waals surface area contributed by atoms with Crippen LogP contribution in [0.5, 0.6) is 5.75 Å². The van der Waals surface area contributed by atoms with Gasteiger partial charge >= 0.3 is 6.09 Å². The molecule has 0 bridgehead atoms. The number of hydrazine groups is 1. The number of nitrogens with zero attached hydrogens (tertiary/aromatic N) is 1. The van der Waals surface area contributed by atoms with E-state index in [1.165, 1.54) is 30.6 Å². The van der Waals surface area contributed by atoms with Gasteiger partial charge in [-0.05, 0) is 30.3 Å². The molecule has 0 radical (unpaired) electrons. The molecule has 0 spiro atoms. The van der Waals surface area contributed by atoms with Crippen LogP contribution in [0.4, 0.5) is 9.93 Å². The number of aromatic nitrogens is 1. The minimum absolute atomic E-state index is 0.0215. The van der Waals surface area contributed by atoms with E-state index in [9.17, 15) is 18.0 Å². The fourth-order valence-electron chi connectivity index (χ4n) is 2.15. The van der Waals surface area contributed by atoms with E-state index in [2.05, 4.69) is 20.5 Å². The summed E-state index contributed by atoms with van der Waals surface area (Å²) in [6.07, 6.45) is -0.629. The molecule has 0 aliphatic rings. The van der Waals surface area contributed by atoms with Crippen LogP contribution in [0, 0.1) is 0 Å². The summed E-state index contributed by atoms with van der Waals surface area (Å²) >= 11 is 1.21. The Hall–Kier alpha value is -3.22. The normalized spacial score (nSPS) is 11.1. The maximum atomic E-state index is 12.0. The Balaban J connectivity index is 1.56. The monoisotopic (exact) mass is 436 g/mol. The molecule has 0 aliphatic heterocycles. The zero-order valence-corrected chi connectivity index (χ0v) is 16.7. The molecule has 3 rings (SSSR count). The van der Waals surface area contributed by atoms with Gasteiger partial charge in [0.25, 0.3) is 15.9 Å². The third-order valence-electron chi connectivity index (χ3n) is 3.50.